The van der Waals surface area contributed by atoms with Gasteiger partial charge in [-0.15, -0.1) is 5.10 Å². The molecule has 8 heteroatoms. The van der Waals surface area contributed by atoms with Crippen molar-refractivity contribution in [1.29, 1.82) is 0 Å². The van der Waals surface area contributed by atoms with E-state index in [9.17, 15) is 4.79 Å². The van der Waals surface area contributed by atoms with Crippen LogP contribution in [-0.2, 0) is 13.0 Å². The Bertz CT molecular complexity index is 833. The molecule has 142 valence electrons. The van der Waals surface area contributed by atoms with Gasteiger partial charge in [0.05, 0.1) is 29.5 Å². The summed E-state index contributed by atoms with van der Waals surface area (Å²) >= 11 is 0. The first-order valence-corrected chi connectivity index (χ1v) is 9.39. The summed E-state index contributed by atoms with van der Waals surface area (Å²) in [7, 11) is 3.90. The third-order valence-electron chi connectivity index (χ3n) is 5.14. The fourth-order valence-corrected chi connectivity index (χ4v) is 3.53. The van der Waals surface area contributed by atoms with Crippen LogP contribution in [0.5, 0.6) is 0 Å². The number of fused-ring (bicyclic) bond motifs is 1. The maximum atomic E-state index is 12.7. The highest BCUT2D eigenvalue weighted by atomic mass is 16.2. The van der Waals surface area contributed by atoms with Crippen LogP contribution < -0.4 is 15.1 Å². The molecule has 0 bridgehead atoms. The lowest BCUT2D eigenvalue weighted by Crippen LogP contribution is -2.39. The SMILES string of the molecule is CN(C)c1cncc(NC(=O)N2CCc3nnc(N4CCCC4)cc3C2)c1. The maximum Gasteiger partial charge on any atom is 0.322 e. The summed E-state index contributed by atoms with van der Waals surface area (Å²) in [5.41, 5.74) is 3.73. The molecule has 8 nitrogen and oxygen atoms in total. The van der Waals surface area contributed by atoms with Crippen LogP contribution in [0.2, 0.25) is 0 Å². The predicted octanol–water partition coefficient (Wildman–Crippen LogP) is 2.13. The van der Waals surface area contributed by atoms with Crippen LogP contribution in [0.1, 0.15) is 24.1 Å². The van der Waals surface area contributed by atoms with Crippen LogP contribution in [0.15, 0.2) is 24.5 Å². The topological polar surface area (TPSA) is 77.5 Å². The minimum absolute atomic E-state index is 0.113. The van der Waals surface area contributed by atoms with E-state index < -0.39 is 0 Å². The van der Waals surface area contributed by atoms with Gasteiger partial charge in [0.15, 0.2) is 5.82 Å². The number of anilines is 3. The first kappa shape index (κ1) is 17.5. The van der Waals surface area contributed by atoms with Gasteiger partial charge in [-0.3, -0.25) is 4.98 Å². The molecule has 2 aliphatic heterocycles. The summed E-state index contributed by atoms with van der Waals surface area (Å²) in [6, 6.07) is 3.90. The molecule has 1 fully saturated rings. The van der Waals surface area contributed by atoms with Crippen molar-refractivity contribution in [1.82, 2.24) is 20.1 Å². The van der Waals surface area contributed by atoms with E-state index in [1.165, 1.54) is 12.8 Å². The van der Waals surface area contributed by atoms with Crippen LogP contribution >= 0.6 is 0 Å². The zero-order valence-electron chi connectivity index (χ0n) is 15.9. The lowest BCUT2D eigenvalue weighted by atomic mass is 10.1. The van der Waals surface area contributed by atoms with Crippen molar-refractivity contribution in [2.24, 2.45) is 0 Å². The summed E-state index contributed by atoms with van der Waals surface area (Å²) in [6.07, 6.45) is 6.57. The molecule has 27 heavy (non-hydrogen) atoms. The number of urea groups is 1. The van der Waals surface area contributed by atoms with Crippen LogP contribution in [0.3, 0.4) is 0 Å². The van der Waals surface area contributed by atoms with E-state index in [1.54, 1.807) is 12.4 Å². The summed E-state index contributed by atoms with van der Waals surface area (Å²) in [5, 5.41) is 11.7. The minimum atomic E-state index is -0.113. The van der Waals surface area contributed by atoms with E-state index in [0.717, 1.165) is 42.3 Å². The summed E-state index contributed by atoms with van der Waals surface area (Å²) in [4.78, 5) is 23.0. The molecule has 0 atom stereocenters. The monoisotopic (exact) mass is 367 g/mol. The Morgan fingerprint density at radius 3 is 2.70 bits per heavy atom. The number of carbonyl (C=O) groups excluding carboxylic acids is 1. The molecule has 2 amide bonds. The minimum Gasteiger partial charge on any atom is -0.376 e. The van der Waals surface area contributed by atoms with Crippen molar-refractivity contribution in [3.63, 3.8) is 0 Å². The molecular formula is C19H25N7O. The largest absolute Gasteiger partial charge is 0.376 e. The van der Waals surface area contributed by atoms with Crippen LogP contribution in [0, 0.1) is 0 Å². The Morgan fingerprint density at radius 2 is 1.93 bits per heavy atom. The smallest absolute Gasteiger partial charge is 0.322 e. The molecular weight excluding hydrogens is 342 g/mol. The van der Waals surface area contributed by atoms with Crippen molar-refractivity contribution in [3.05, 3.63) is 35.8 Å². The molecule has 2 aliphatic rings. The lowest BCUT2D eigenvalue weighted by Gasteiger charge is -2.29. The van der Waals surface area contributed by atoms with Gasteiger partial charge in [0.25, 0.3) is 0 Å². The van der Waals surface area contributed by atoms with Crippen LogP contribution in [0.25, 0.3) is 0 Å². The van der Waals surface area contributed by atoms with E-state index in [1.807, 2.05) is 30.0 Å². The molecule has 0 aliphatic carbocycles. The van der Waals surface area contributed by atoms with E-state index in [4.69, 9.17) is 0 Å². The first-order chi connectivity index (χ1) is 13.1. The van der Waals surface area contributed by atoms with Gasteiger partial charge >= 0.3 is 6.03 Å². The van der Waals surface area contributed by atoms with Gasteiger partial charge in [-0.05, 0) is 30.5 Å². The first-order valence-electron chi connectivity index (χ1n) is 9.39. The molecule has 1 N–H and O–H groups in total. The zero-order chi connectivity index (χ0) is 18.8. The molecule has 2 aromatic heterocycles. The number of nitrogens with zero attached hydrogens (tertiary/aromatic N) is 6. The highest BCUT2D eigenvalue weighted by molar-refractivity contribution is 5.89. The third-order valence-corrected chi connectivity index (χ3v) is 5.14. The summed E-state index contributed by atoms with van der Waals surface area (Å²) < 4.78 is 0. The average Bonchev–Trinajstić information content (AvgIpc) is 3.22. The number of rotatable bonds is 3. The van der Waals surface area contributed by atoms with E-state index in [-0.39, 0.29) is 6.03 Å². The van der Waals surface area contributed by atoms with Gasteiger partial charge in [-0.2, -0.15) is 5.10 Å². The average molecular weight is 367 g/mol. The Hall–Kier alpha value is -2.90. The number of pyridine rings is 1. The van der Waals surface area contributed by atoms with Crippen molar-refractivity contribution in [2.45, 2.75) is 25.8 Å². The quantitative estimate of drug-likeness (QED) is 0.895. The molecule has 1 saturated heterocycles. The molecule has 2 aromatic rings. The summed E-state index contributed by atoms with van der Waals surface area (Å²) in [5.74, 6) is 0.927. The number of hydrogen-bond donors (Lipinski definition) is 1. The van der Waals surface area contributed by atoms with E-state index >= 15 is 0 Å². The normalized spacial score (nSPS) is 16.2. The van der Waals surface area contributed by atoms with Gasteiger partial charge in [-0.1, -0.05) is 0 Å². The molecule has 4 rings (SSSR count). The highest BCUT2D eigenvalue weighted by Crippen LogP contribution is 2.24. The van der Waals surface area contributed by atoms with Gasteiger partial charge in [0.2, 0.25) is 0 Å². The molecule has 0 spiro atoms. The highest BCUT2D eigenvalue weighted by Gasteiger charge is 2.24. The number of carbonyl (C=O) groups is 1. The second-order valence-electron chi connectivity index (χ2n) is 7.30. The number of hydrogen-bond acceptors (Lipinski definition) is 6. The van der Waals surface area contributed by atoms with Crippen molar-refractivity contribution >= 4 is 23.2 Å². The number of amides is 2. The van der Waals surface area contributed by atoms with E-state index in [2.05, 4.69) is 31.5 Å². The molecule has 4 heterocycles. The summed E-state index contributed by atoms with van der Waals surface area (Å²) in [6.45, 7) is 3.26. The molecule has 0 unspecified atom stereocenters. The van der Waals surface area contributed by atoms with Crippen molar-refractivity contribution < 1.29 is 4.79 Å². The second-order valence-corrected chi connectivity index (χ2v) is 7.30. The maximum absolute atomic E-state index is 12.7. The van der Waals surface area contributed by atoms with Crippen LogP contribution in [0.4, 0.5) is 22.0 Å². The predicted molar refractivity (Wildman–Crippen MR) is 105 cm³/mol. The van der Waals surface area contributed by atoms with Crippen LogP contribution in [-0.4, -0.2) is 59.8 Å². The fourth-order valence-electron chi connectivity index (χ4n) is 3.53. The Kier molecular flexibility index (Phi) is 4.79. The van der Waals surface area contributed by atoms with Crippen molar-refractivity contribution in [2.75, 3.05) is 48.8 Å². The Labute approximate surface area is 159 Å². The standard InChI is InChI=1S/C19H25N7O/c1-24(2)16-10-15(11-20-12-16)21-19(27)26-8-5-17-14(13-26)9-18(23-22-17)25-6-3-4-7-25/h9-12H,3-8,13H2,1-2H3,(H,21,27). The number of aromatic nitrogens is 3. The Morgan fingerprint density at radius 1 is 1.11 bits per heavy atom. The van der Waals surface area contributed by atoms with Crippen molar-refractivity contribution in [3.8, 4) is 0 Å². The fraction of sp³-hybridized carbons (Fsp3) is 0.474. The third kappa shape index (κ3) is 3.79. The molecule has 0 aromatic carbocycles. The molecule has 0 radical (unpaired) electrons. The second kappa shape index (κ2) is 7.38. The zero-order valence-corrected chi connectivity index (χ0v) is 15.9. The lowest BCUT2D eigenvalue weighted by molar-refractivity contribution is 0.205. The molecule has 0 saturated carbocycles. The van der Waals surface area contributed by atoms with Gasteiger partial charge in [0.1, 0.15) is 0 Å². The Balaban J connectivity index is 1.46. The number of nitrogens with one attached hydrogen (secondary N) is 1. The van der Waals surface area contributed by atoms with Gasteiger partial charge in [-0.25, -0.2) is 4.79 Å². The van der Waals surface area contributed by atoms with Gasteiger partial charge < -0.3 is 20.0 Å². The van der Waals surface area contributed by atoms with E-state index in [0.29, 0.717) is 18.8 Å². The van der Waals surface area contributed by atoms with Gasteiger partial charge in [0, 0.05) is 46.7 Å².